The Morgan fingerprint density at radius 3 is 2.36 bits per heavy atom. The van der Waals surface area contributed by atoms with Crippen LogP contribution < -0.4 is 9.47 Å². The first-order chi connectivity index (χ1) is 11.7. The van der Waals surface area contributed by atoms with Crippen molar-refractivity contribution < 1.29 is 27.4 Å². The maximum atomic E-state index is 12.8. The van der Waals surface area contributed by atoms with Crippen LogP contribution in [0.2, 0.25) is 0 Å². The average Bonchev–Trinajstić information content (AvgIpc) is 2.77. The molecule has 0 N–H and O–H groups in total. The molecule has 9 heteroatoms. The number of amides is 1. The Morgan fingerprint density at radius 1 is 1.12 bits per heavy atom. The Labute approximate surface area is 158 Å². The van der Waals surface area contributed by atoms with Gasteiger partial charge in [-0.2, -0.15) is 13.2 Å². The number of alkyl halides is 3. The number of ether oxygens (including phenoxy) is 2. The zero-order valence-electron chi connectivity index (χ0n) is 14.0. The van der Waals surface area contributed by atoms with Gasteiger partial charge in [0.1, 0.15) is 0 Å². The Kier molecular flexibility index (Phi) is 6.78. The number of carbonyl (C=O) groups is 1. The molecule has 0 bridgehead atoms. The van der Waals surface area contributed by atoms with Crippen LogP contribution in [0.15, 0.2) is 12.1 Å². The molecule has 1 fully saturated rings. The Morgan fingerprint density at radius 2 is 1.76 bits per heavy atom. The minimum absolute atomic E-state index is 0.203. The first-order valence-electron chi connectivity index (χ1n) is 7.75. The van der Waals surface area contributed by atoms with Crippen LogP contribution >= 0.6 is 22.6 Å². The van der Waals surface area contributed by atoms with Crippen LogP contribution in [0.3, 0.4) is 0 Å². The van der Waals surface area contributed by atoms with Crippen molar-refractivity contribution in [3.05, 3.63) is 21.3 Å². The van der Waals surface area contributed by atoms with Crippen molar-refractivity contribution >= 4 is 28.5 Å². The largest absolute Gasteiger partial charge is 0.493 e. The van der Waals surface area contributed by atoms with Gasteiger partial charge in [0.15, 0.2) is 11.5 Å². The van der Waals surface area contributed by atoms with E-state index in [0.717, 1.165) is 0 Å². The third-order valence-corrected chi connectivity index (χ3v) is 4.87. The second-order valence-corrected chi connectivity index (χ2v) is 6.89. The summed E-state index contributed by atoms with van der Waals surface area (Å²) in [4.78, 5) is 15.8. The van der Waals surface area contributed by atoms with Crippen LogP contribution in [0.25, 0.3) is 0 Å². The standard InChI is InChI=1S/C16H20F3IN2O3/c1-24-13-8-11(12(20)9-14(13)25-2)15(23)22-5-3-4-21(6-7-22)10-16(17,18)19/h8-9H,3-7,10H2,1-2H3. The van der Waals surface area contributed by atoms with Gasteiger partial charge >= 0.3 is 6.18 Å². The Bertz CT molecular complexity index is 625. The summed E-state index contributed by atoms with van der Waals surface area (Å²) in [6, 6.07) is 3.32. The highest BCUT2D eigenvalue weighted by atomic mass is 127. The monoisotopic (exact) mass is 472 g/mol. The Hall–Kier alpha value is -1.23. The van der Waals surface area contributed by atoms with E-state index in [2.05, 4.69) is 0 Å². The van der Waals surface area contributed by atoms with Crippen molar-refractivity contribution in [1.82, 2.24) is 9.80 Å². The van der Waals surface area contributed by atoms with Crippen molar-refractivity contribution in [3.63, 3.8) is 0 Å². The van der Waals surface area contributed by atoms with E-state index in [1.807, 2.05) is 22.6 Å². The van der Waals surface area contributed by atoms with Gasteiger partial charge in [0.05, 0.1) is 26.3 Å². The normalized spacial score (nSPS) is 16.5. The van der Waals surface area contributed by atoms with Crippen LogP contribution in [0.5, 0.6) is 11.5 Å². The van der Waals surface area contributed by atoms with E-state index in [4.69, 9.17) is 9.47 Å². The van der Waals surface area contributed by atoms with Crippen molar-refractivity contribution in [2.45, 2.75) is 12.6 Å². The predicted molar refractivity (Wildman–Crippen MR) is 95.3 cm³/mol. The highest BCUT2D eigenvalue weighted by Crippen LogP contribution is 2.32. The zero-order valence-corrected chi connectivity index (χ0v) is 16.2. The minimum Gasteiger partial charge on any atom is -0.493 e. The molecule has 0 radical (unpaired) electrons. The average molecular weight is 472 g/mol. The molecule has 1 aromatic carbocycles. The number of benzene rings is 1. The quantitative estimate of drug-likeness (QED) is 0.633. The molecule has 0 unspecified atom stereocenters. The van der Waals surface area contributed by atoms with E-state index in [1.54, 1.807) is 17.0 Å². The molecule has 0 spiro atoms. The number of halogens is 4. The topological polar surface area (TPSA) is 42.0 Å². The summed E-state index contributed by atoms with van der Waals surface area (Å²) in [6.45, 7) is 0.279. The molecule has 1 amide bonds. The second-order valence-electron chi connectivity index (χ2n) is 5.72. The van der Waals surface area contributed by atoms with E-state index in [0.29, 0.717) is 40.1 Å². The summed E-state index contributed by atoms with van der Waals surface area (Å²) in [6.07, 6.45) is -3.72. The molecular weight excluding hydrogens is 452 g/mol. The molecule has 0 saturated carbocycles. The van der Waals surface area contributed by atoms with Gasteiger partial charge < -0.3 is 14.4 Å². The molecule has 0 aliphatic carbocycles. The number of rotatable bonds is 4. The molecule has 1 aromatic rings. The summed E-state index contributed by atoms with van der Waals surface area (Å²) in [5, 5.41) is 0. The van der Waals surface area contributed by atoms with E-state index < -0.39 is 12.7 Å². The van der Waals surface area contributed by atoms with E-state index in [9.17, 15) is 18.0 Å². The maximum absolute atomic E-state index is 12.8. The van der Waals surface area contributed by atoms with Gasteiger partial charge in [0, 0.05) is 29.7 Å². The zero-order chi connectivity index (χ0) is 18.6. The lowest BCUT2D eigenvalue weighted by Gasteiger charge is -2.23. The molecule has 1 saturated heterocycles. The van der Waals surface area contributed by atoms with Crippen molar-refractivity contribution in [1.29, 1.82) is 0 Å². The molecule has 1 aliphatic rings. The first-order valence-corrected chi connectivity index (χ1v) is 8.83. The first kappa shape index (κ1) is 20.1. The summed E-state index contributed by atoms with van der Waals surface area (Å²) < 4.78 is 48.8. The van der Waals surface area contributed by atoms with Crippen LogP contribution in [0.4, 0.5) is 13.2 Å². The number of methoxy groups -OCH3 is 2. The molecular formula is C16H20F3IN2O3. The van der Waals surface area contributed by atoms with Gasteiger partial charge in [-0.3, -0.25) is 9.69 Å². The number of nitrogens with zero attached hydrogens (tertiary/aromatic N) is 2. The number of carbonyl (C=O) groups excluding carboxylic acids is 1. The summed E-state index contributed by atoms with van der Waals surface area (Å²) >= 11 is 2.04. The van der Waals surface area contributed by atoms with Crippen LogP contribution in [0, 0.1) is 3.57 Å². The Balaban J connectivity index is 2.13. The van der Waals surface area contributed by atoms with Gasteiger partial charge in [-0.05, 0) is 41.1 Å². The van der Waals surface area contributed by atoms with Gasteiger partial charge in [0.25, 0.3) is 5.91 Å². The van der Waals surface area contributed by atoms with Gasteiger partial charge in [0.2, 0.25) is 0 Å². The summed E-state index contributed by atoms with van der Waals surface area (Å²) in [5.41, 5.74) is 0.461. The molecule has 0 atom stereocenters. The molecule has 1 heterocycles. The van der Waals surface area contributed by atoms with Gasteiger partial charge in [-0.25, -0.2) is 0 Å². The third-order valence-electron chi connectivity index (χ3n) is 3.98. The minimum atomic E-state index is -4.22. The third kappa shape index (κ3) is 5.37. The lowest BCUT2D eigenvalue weighted by molar-refractivity contribution is -0.145. The van der Waals surface area contributed by atoms with Crippen molar-refractivity contribution in [3.8, 4) is 11.5 Å². The van der Waals surface area contributed by atoms with Crippen LogP contribution in [-0.2, 0) is 0 Å². The van der Waals surface area contributed by atoms with E-state index in [-0.39, 0.29) is 19.0 Å². The molecule has 140 valence electrons. The summed E-state index contributed by atoms with van der Waals surface area (Å²) in [5.74, 6) is 0.759. The molecule has 0 aromatic heterocycles. The number of hydrogen-bond donors (Lipinski definition) is 0. The lowest BCUT2D eigenvalue weighted by Crippen LogP contribution is -2.38. The SMILES string of the molecule is COc1cc(I)c(C(=O)N2CCCN(CC(F)(F)F)CC2)cc1OC. The molecule has 25 heavy (non-hydrogen) atoms. The lowest BCUT2D eigenvalue weighted by atomic mass is 10.1. The predicted octanol–water partition coefficient (Wildman–Crippen LogP) is 3.02. The highest BCUT2D eigenvalue weighted by molar-refractivity contribution is 14.1. The van der Waals surface area contributed by atoms with Gasteiger partial charge in [-0.1, -0.05) is 0 Å². The molecule has 5 nitrogen and oxygen atoms in total. The van der Waals surface area contributed by atoms with Crippen molar-refractivity contribution in [2.75, 3.05) is 46.9 Å². The maximum Gasteiger partial charge on any atom is 0.401 e. The van der Waals surface area contributed by atoms with E-state index in [1.165, 1.54) is 19.1 Å². The highest BCUT2D eigenvalue weighted by Gasteiger charge is 2.32. The van der Waals surface area contributed by atoms with Crippen LogP contribution in [0.1, 0.15) is 16.8 Å². The van der Waals surface area contributed by atoms with Gasteiger partial charge in [-0.15, -0.1) is 0 Å². The van der Waals surface area contributed by atoms with E-state index >= 15 is 0 Å². The van der Waals surface area contributed by atoms with Crippen molar-refractivity contribution in [2.24, 2.45) is 0 Å². The molecule has 2 rings (SSSR count). The second kappa shape index (κ2) is 8.43. The smallest absolute Gasteiger partial charge is 0.401 e. The number of hydrogen-bond acceptors (Lipinski definition) is 4. The fourth-order valence-electron chi connectivity index (χ4n) is 2.77. The fourth-order valence-corrected chi connectivity index (χ4v) is 3.44. The summed E-state index contributed by atoms with van der Waals surface area (Å²) in [7, 11) is 3.00. The molecule has 1 aliphatic heterocycles. The van der Waals surface area contributed by atoms with Crippen LogP contribution in [-0.4, -0.2) is 68.8 Å². The fraction of sp³-hybridized carbons (Fsp3) is 0.562.